The average Bonchev–Trinajstić information content (AvgIpc) is 2.38. The third-order valence-electron chi connectivity index (χ3n) is 4.65. The predicted octanol–water partition coefficient (Wildman–Crippen LogP) is 2.33. The van der Waals surface area contributed by atoms with Crippen LogP contribution in [0.3, 0.4) is 0 Å². The summed E-state index contributed by atoms with van der Waals surface area (Å²) in [4.78, 5) is 23.0. The molecule has 5 heteroatoms. The molecule has 0 radical (unpaired) electrons. The number of ketones is 1. The van der Waals surface area contributed by atoms with Gasteiger partial charge in [-0.3, -0.25) is 14.9 Å². The fraction of sp³-hybridized carbons (Fsp3) is 0.923. The molecule has 0 saturated heterocycles. The number of Topliss-reactive ketones (excluding diaryl/α,β-unsaturated/α-hetero) is 1. The standard InChI is InChI=1S/C13H23NO4/c1-4-11(15)10-9-12(5-2,14(17)18)7-8-13(10,16)6-3/h10,16H,4-9H2,1-3H3/t10-,12+,13-/m0/s1. The summed E-state index contributed by atoms with van der Waals surface area (Å²) in [6.07, 6.45) is 2.08. The lowest BCUT2D eigenvalue weighted by atomic mass is 9.64. The van der Waals surface area contributed by atoms with Gasteiger partial charge in [0.1, 0.15) is 5.78 Å². The number of hydrogen-bond acceptors (Lipinski definition) is 4. The first-order valence-electron chi connectivity index (χ1n) is 6.74. The fourth-order valence-corrected chi connectivity index (χ4v) is 2.99. The summed E-state index contributed by atoms with van der Waals surface area (Å²) in [5.41, 5.74) is -2.08. The molecule has 5 nitrogen and oxygen atoms in total. The highest BCUT2D eigenvalue weighted by Crippen LogP contribution is 2.44. The minimum Gasteiger partial charge on any atom is -0.389 e. The summed E-state index contributed by atoms with van der Waals surface area (Å²) < 4.78 is 0. The van der Waals surface area contributed by atoms with E-state index in [9.17, 15) is 20.0 Å². The molecule has 18 heavy (non-hydrogen) atoms. The van der Waals surface area contributed by atoms with Gasteiger partial charge in [-0.05, 0) is 12.8 Å². The van der Waals surface area contributed by atoms with E-state index in [1.165, 1.54) is 0 Å². The van der Waals surface area contributed by atoms with Crippen molar-refractivity contribution in [2.24, 2.45) is 5.92 Å². The molecule has 1 aliphatic rings. The van der Waals surface area contributed by atoms with Gasteiger partial charge in [-0.1, -0.05) is 20.8 Å². The van der Waals surface area contributed by atoms with Crippen molar-refractivity contribution in [2.75, 3.05) is 0 Å². The Morgan fingerprint density at radius 3 is 2.33 bits per heavy atom. The summed E-state index contributed by atoms with van der Waals surface area (Å²) >= 11 is 0. The number of nitrogens with zero attached hydrogens (tertiary/aromatic N) is 1. The monoisotopic (exact) mass is 257 g/mol. The van der Waals surface area contributed by atoms with Crippen molar-refractivity contribution >= 4 is 5.78 Å². The fourth-order valence-electron chi connectivity index (χ4n) is 2.99. The molecule has 0 heterocycles. The van der Waals surface area contributed by atoms with E-state index in [1.54, 1.807) is 13.8 Å². The molecule has 1 fully saturated rings. The SMILES string of the molecule is CCC(=O)[C@@H]1C[C@](CC)([N+](=O)[O-])CC[C@@]1(O)CC. The summed E-state index contributed by atoms with van der Waals surface area (Å²) in [5.74, 6) is -0.648. The van der Waals surface area contributed by atoms with Crippen molar-refractivity contribution in [2.45, 2.75) is 70.4 Å². The third kappa shape index (κ3) is 2.41. The second kappa shape index (κ2) is 5.34. The molecular weight excluding hydrogens is 234 g/mol. The average molecular weight is 257 g/mol. The van der Waals surface area contributed by atoms with E-state index in [0.29, 0.717) is 32.1 Å². The van der Waals surface area contributed by atoms with Gasteiger partial charge >= 0.3 is 0 Å². The summed E-state index contributed by atoms with van der Waals surface area (Å²) in [5, 5.41) is 21.8. The quantitative estimate of drug-likeness (QED) is 0.605. The molecule has 1 aliphatic carbocycles. The van der Waals surface area contributed by atoms with Crippen molar-refractivity contribution in [1.82, 2.24) is 0 Å². The zero-order chi connectivity index (χ0) is 14.0. The van der Waals surface area contributed by atoms with Gasteiger partial charge in [0.15, 0.2) is 0 Å². The largest absolute Gasteiger partial charge is 0.389 e. The lowest BCUT2D eigenvalue weighted by Gasteiger charge is -2.43. The Labute approximate surface area is 108 Å². The number of hydrogen-bond donors (Lipinski definition) is 1. The van der Waals surface area contributed by atoms with Gasteiger partial charge < -0.3 is 5.11 Å². The van der Waals surface area contributed by atoms with Crippen LogP contribution in [0.4, 0.5) is 0 Å². The Kier molecular flexibility index (Phi) is 4.48. The van der Waals surface area contributed by atoms with Crippen molar-refractivity contribution in [3.63, 3.8) is 0 Å². The molecule has 104 valence electrons. The van der Waals surface area contributed by atoms with E-state index in [1.807, 2.05) is 6.92 Å². The zero-order valence-electron chi connectivity index (χ0n) is 11.4. The van der Waals surface area contributed by atoms with Crippen molar-refractivity contribution in [3.05, 3.63) is 10.1 Å². The van der Waals surface area contributed by atoms with Crippen LogP contribution in [0.5, 0.6) is 0 Å². The van der Waals surface area contributed by atoms with Crippen LogP contribution in [0.2, 0.25) is 0 Å². The summed E-state index contributed by atoms with van der Waals surface area (Å²) in [6, 6.07) is 0. The maximum absolute atomic E-state index is 12.0. The smallest absolute Gasteiger partial charge is 0.222 e. The lowest BCUT2D eigenvalue weighted by Crippen LogP contribution is -2.54. The van der Waals surface area contributed by atoms with Crippen LogP contribution in [-0.4, -0.2) is 27.0 Å². The highest BCUT2D eigenvalue weighted by Gasteiger charge is 2.55. The van der Waals surface area contributed by atoms with Crippen molar-refractivity contribution in [3.8, 4) is 0 Å². The second-order valence-electron chi connectivity index (χ2n) is 5.37. The van der Waals surface area contributed by atoms with Crippen LogP contribution in [-0.2, 0) is 4.79 Å². The van der Waals surface area contributed by atoms with E-state index in [0.717, 1.165) is 0 Å². The number of carbonyl (C=O) groups excluding carboxylic acids is 1. The van der Waals surface area contributed by atoms with Gasteiger partial charge in [-0.2, -0.15) is 0 Å². The number of nitro groups is 1. The summed E-state index contributed by atoms with van der Waals surface area (Å²) in [7, 11) is 0. The molecule has 0 amide bonds. The minimum absolute atomic E-state index is 0.0567. The molecule has 0 aromatic heterocycles. The van der Waals surface area contributed by atoms with Gasteiger partial charge in [-0.15, -0.1) is 0 Å². The lowest BCUT2D eigenvalue weighted by molar-refractivity contribution is -0.579. The molecule has 1 rings (SSSR count). The number of rotatable bonds is 5. The minimum atomic E-state index is -1.05. The van der Waals surface area contributed by atoms with E-state index in [-0.39, 0.29) is 17.1 Å². The molecule has 0 aliphatic heterocycles. The van der Waals surface area contributed by atoms with E-state index >= 15 is 0 Å². The van der Waals surface area contributed by atoms with Gasteiger partial charge in [0.25, 0.3) is 0 Å². The van der Waals surface area contributed by atoms with Gasteiger partial charge in [-0.25, -0.2) is 0 Å². The topological polar surface area (TPSA) is 80.4 Å². The molecule has 1 N–H and O–H groups in total. The Balaban J connectivity index is 3.06. The Hall–Kier alpha value is -0.970. The molecule has 0 bridgehead atoms. The first-order valence-corrected chi connectivity index (χ1v) is 6.74. The molecule has 3 atom stereocenters. The Morgan fingerprint density at radius 2 is 1.94 bits per heavy atom. The Bertz CT molecular complexity index is 344. The highest BCUT2D eigenvalue weighted by molar-refractivity contribution is 5.82. The van der Waals surface area contributed by atoms with E-state index in [4.69, 9.17) is 0 Å². The van der Waals surface area contributed by atoms with Crippen molar-refractivity contribution in [1.29, 1.82) is 0 Å². The molecule has 0 unspecified atom stereocenters. The van der Waals surface area contributed by atoms with Crippen LogP contribution in [0, 0.1) is 16.0 Å². The first kappa shape index (κ1) is 15.1. The molecule has 0 spiro atoms. The second-order valence-corrected chi connectivity index (χ2v) is 5.37. The van der Waals surface area contributed by atoms with Crippen LogP contribution in [0.15, 0.2) is 0 Å². The molecule has 0 aromatic carbocycles. The van der Waals surface area contributed by atoms with Crippen molar-refractivity contribution < 1.29 is 14.8 Å². The predicted molar refractivity (Wildman–Crippen MR) is 67.9 cm³/mol. The van der Waals surface area contributed by atoms with Crippen LogP contribution < -0.4 is 0 Å². The molecule has 1 saturated carbocycles. The van der Waals surface area contributed by atoms with Gasteiger partial charge in [0.2, 0.25) is 5.54 Å². The molecule has 0 aromatic rings. The maximum atomic E-state index is 12.0. The third-order valence-corrected chi connectivity index (χ3v) is 4.65. The first-order chi connectivity index (χ1) is 8.35. The van der Waals surface area contributed by atoms with Gasteiger partial charge in [0.05, 0.1) is 11.5 Å². The summed E-state index contributed by atoms with van der Waals surface area (Å²) in [6.45, 7) is 5.36. The Morgan fingerprint density at radius 1 is 1.33 bits per heavy atom. The zero-order valence-corrected chi connectivity index (χ0v) is 11.4. The number of aliphatic hydroxyl groups is 1. The maximum Gasteiger partial charge on any atom is 0.222 e. The van der Waals surface area contributed by atoms with Gasteiger partial charge in [0, 0.05) is 30.6 Å². The number of carbonyl (C=O) groups is 1. The highest BCUT2D eigenvalue weighted by atomic mass is 16.6. The van der Waals surface area contributed by atoms with Crippen LogP contribution in [0.25, 0.3) is 0 Å². The van der Waals surface area contributed by atoms with E-state index < -0.39 is 17.1 Å². The van der Waals surface area contributed by atoms with Crippen LogP contribution in [0.1, 0.15) is 59.3 Å². The normalized spacial score (nSPS) is 36.3. The molecular formula is C13H23NO4. The van der Waals surface area contributed by atoms with Crippen LogP contribution >= 0.6 is 0 Å². The van der Waals surface area contributed by atoms with E-state index in [2.05, 4.69) is 0 Å².